The molecule has 0 aromatic heterocycles. The molecule has 0 bridgehead atoms. The number of carbonyl (C=O) groups excluding carboxylic acids is 1. The Hall–Kier alpha value is -1.76. The van der Waals surface area contributed by atoms with Crippen molar-refractivity contribution in [3.8, 4) is 5.75 Å². The zero-order chi connectivity index (χ0) is 17.4. The molecular formula is C18H22ClFN2O2S. The van der Waals surface area contributed by atoms with Crippen molar-refractivity contribution >= 4 is 35.8 Å². The molecule has 2 rings (SSSR count). The van der Waals surface area contributed by atoms with Crippen molar-refractivity contribution in [1.29, 1.82) is 0 Å². The van der Waals surface area contributed by atoms with Gasteiger partial charge in [-0.15, -0.1) is 24.2 Å². The molecule has 0 saturated carbocycles. The zero-order valence-corrected chi connectivity index (χ0v) is 15.5. The fourth-order valence-corrected chi connectivity index (χ4v) is 2.83. The number of rotatable bonds is 8. The first-order chi connectivity index (χ1) is 11.6. The lowest BCUT2D eigenvalue weighted by molar-refractivity contribution is -0.118. The quantitative estimate of drug-likeness (QED) is 0.676. The van der Waals surface area contributed by atoms with Crippen LogP contribution in [-0.4, -0.2) is 24.8 Å². The van der Waals surface area contributed by atoms with E-state index in [0.717, 1.165) is 16.3 Å². The van der Waals surface area contributed by atoms with Crippen LogP contribution in [0, 0.1) is 11.7 Å². The molecule has 7 heteroatoms. The summed E-state index contributed by atoms with van der Waals surface area (Å²) < 4.78 is 18.3. The highest BCUT2D eigenvalue weighted by molar-refractivity contribution is 7.99. The number of hydrogen-bond acceptors (Lipinski definition) is 4. The third-order valence-corrected chi connectivity index (χ3v) is 4.54. The molecule has 4 nitrogen and oxygen atoms in total. The molecule has 0 aliphatic heterocycles. The lowest BCUT2D eigenvalue weighted by Crippen LogP contribution is -2.22. The minimum atomic E-state index is -0.260. The first-order valence-electron chi connectivity index (χ1n) is 7.70. The van der Waals surface area contributed by atoms with E-state index in [2.05, 4.69) is 5.32 Å². The minimum Gasteiger partial charge on any atom is -0.492 e. The maximum Gasteiger partial charge on any atom is 0.228 e. The summed E-state index contributed by atoms with van der Waals surface area (Å²) in [7, 11) is 0. The number of ether oxygens (including phenoxy) is 1. The summed E-state index contributed by atoms with van der Waals surface area (Å²) in [5, 5.41) is 2.88. The molecule has 136 valence electrons. The highest BCUT2D eigenvalue weighted by Crippen LogP contribution is 2.22. The molecule has 25 heavy (non-hydrogen) atoms. The largest absolute Gasteiger partial charge is 0.492 e. The van der Waals surface area contributed by atoms with Gasteiger partial charge in [0.1, 0.15) is 18.2 Å². The van der Waals surface area contributed by atoms with Gasteiger partial charge in [0.05, 0.1) is 0 Å². The summed E-state index contributed by atoms with van der Waals surface area (Å²) in [6.45, 7) is 2.79. The Labute approximate surface area is 157 Å². The predicted molar refractivity (Wildman–Crippen MR) is 103 cm³/mol. The minimum absolute atomic E-state index is 0. The Kier molecular flexibility index (Phi) is 9.34. The second-order valence-electron chi connectivity index (χ2n) is 5.32. The monoisotopic (exact) mass is 384 g/mol. The summed E-state index contributed by atoms with van der Waals surface area (Å²) >= 11 is 1.53. The van der Waals surface area contributed by atoms with Gasteiger partial charge in [0.15, 0.2) is 0 Å². The van der Waals surface area contributed by atoms with Crippen LogP contribution in [0.15, 0.2) is 53.4 Å². The molecule has 2 aromatic rings. The first-order valence-corrected chi connectivity index (χ1v) is 8.69. The van der Waals surface area contributed by atoms with Crippen LogP contribution in [-0.2, 0) is 4.79 Å². The van der Waals surface area contributed by atoms with Crippen LogP contribution in [0.1, 0.15) is 6.92 Å². The van der Waals surface area contributed by atoms with Crippen LogP contribution < -0.4 is 15.8 Å². The van der Waals surface area contributed by atoms with Gasteiger partial charge in [-0.2, -0.15) is 0 Å². The molecule has 1 unspecified atom stereocenters. The van der Waals surface area contributed by atoms with Crippen molar-refractivity contribution in [3.05, 3.63) is 54.3 Å². The molecule has 1 amide bonds. The highest BCUT2D eigenvalue weighted by atomic mass is 35.5. The topological polar surface area (TPSA) is 64.3 Å². The van der Waals surface area contributed by atoms with E-state index in [4.69, 9.17) is 10.5 Å². The number of hydrogen-bond donors (Lipinski definition) is 2. The summed E-state index contributed by atoms with van der Waals surface area (Å²) in [5.74, 6) is 0.852. The number of nitrogens with one attached hydrogen (secondary N) is 1. The van der Waals surface area contributed by atoms with Crippen molar-refractivity contribution in [3.63, 3.8) is 0 Å². The van der Waals surface area contributed by atoms with Crippen molar-refractivity contribution < 1.29 is 13.9 Å². The van der Waals surface area contributed by atoms with Gasteiger partial charge in [-0.1, -0.05) is 6.92 Å². The fourth-order valence-electron chi connectivity index (χ4n) is 1.90. The van der Waals surface area contributed by atoms with Gasteiger partial charge in [-0.05, 0) is 48.5 Å². The third-order valence-electron chi connectivity index (χ3n) is 3.27. The lowest BCUT2D eigenvalue weighted by atomic mass is 10.2. The number of thioether (sulfide) groups is 1. The van der Waals surface area contributed by atoms with Gasteiger partial charge in [0, 0.05) is 28.8 Å². The standard InChI is InChI=1S/C18H21FN2O2S.ClH/c1-13(12-24-17-8-2-14(19)3-9-17)18(22)21-15-4-6-16(7-5-15)23-11-10-20;/h2-9,13H,10-12,20H2,1H3,(H,21,22);1H. The molecule has 3 N–H and O–H groups in total. The number of benzene rings is 2. The van der Waals surface area contributed by atoms with Crippen LogP contribution in [0.25, 0.3) is 0 Å². The second kappa shape index (κ2) is 11.0. The Morgan fingerprint density at radius 2 is 1.84 bits per heavy atom. The maximum atomic E-state index is 12.9. The maximum absolute atomic E-state index is 12.9. The molecular weight excluding hydrogens is 363 g/mol. The summed E-state index contributed by atoms with van der Waals surface area (Å²) in [5.41, 5.74) is 6.10. The van der Waals surface area contributed by atoms with E-state index in [1.807, 2.05) is 6.92 Å². The zero-order valence-electron chi connectivity index (χ0n) is 13.9. The molecule has 0 spiro atoms. The molecule has 0 aliphatic rings. The van der Waals surface area contributed by atoms with Gasteiger partial charge >= 0.3 is 0 Å². The molecule has 0 saturated heterocycles. The lowest BCUT2D eigenvalue weighted by Gasteiger charge is -2.12. The van der Waals surface area contributed by atoms with E-state index in [9.17, 15) is 9.18 Å². The first kappa shape index (κ1) is 21.3. The number of nitrogens with two attached hydrogens (primary N) is 1. The van der Waals surface area contributed by atoms with Gasteiger partial charge < -0.3 is 15.8 Å². The third kappa shape index (κ3) is 7.34. The van der Waals surface area contributed by atoms with E-state index in [-0.39, 0.29) is 30.0 Å². The van der Waals surface area contributed by atoms with E-state index >= 15 is 0 Å². The Balaban J connectivity index is 0.00000312. The van der Waals surface area contributed by atoms with E-state index in [1.54, 1.807) is 36.4 Å². The van der Waals surface area contributed by atoms with Crippen LogP contribution in [0.3, 0.4) is 0 Å². The molecule has 2 aromatic carbocycles. The summed E-state index contributed by atoms with van der Waals surface area (Å²) in [4.78, 5) is 13.2. The highest BCUT2D eigenvalue weighted by Gasteiger charge is 2.13. The normalized spacial score (nSPS) is 11.3. The molecule has 0 heterocycles. The van der Waals surface area contributed by atoms with Crippen molar-refractivity contribution in [1.82, 2.24) is 0 Å². The Morgan fingerprint density at radius 1 is 1.20 bits per heavy atom. The van der Waals surface area contributed by atoms with Crippen molar-refractivity contribution in [2.45, 2.75) is 11.8 Å². The Morgan fingerprint density at radius 3 is 2.44 bits per heavy atom. The number of amides is 1. The summed E-state index contributed by atoms with van der Waals surface area (Å²) in [6.07, 6.45) is 0. The van der Waals surface area contributed by atoms with E-state index in [0.29, 0.717) is 18.9 Å². The van der Waals surface area contributed by atoms with Crippen LogP contribution in [0.2, 0.25) is 0 Å². The smallest absolute Gasteiger partial charge is 0.228 e. The van der Waals surface area contributed by atoms with Gasteiger partial charge in [-0.3, -0.25) is 4.79 Å². The molecule has 1 atom stereocenters. The number of anilines is 1. The van der Waals surface area contributed by atoms with E-state index in [1.165, 1.54) is 23.9 Å². The average molecular weight is 385 g/mol. The van der Waals surface area contributed by atoms with Crippen molar-refractivity contribution in [2.75, 3.05) is 24.2 Å². The average Bonchev–Trinajstić information content (AvgIpc) is 2.60. The summed E-state index contributed by atoms with van der Waals surface area (Å²) in [6, 6.07) is 13.4. The molecule has 0 radical (unpaired) electrons. The Bertz CT molecular complexity index is 653. The van der Waals surface area contributed by atoms with Gasteiger partial charge in [0.25, 0.3) is 0 Å². The molecule has 0 aliphatic carbocycles. The fraction of sp³-hybridized carbons (Fsp3) is 0.278. The number of carbonyl (C=O) groups is 1. The van der Waals surface area contributed by atoms with Crippen LogP contribution in [0.4, 0.5) is 10.1 Å². The van der Waals surface area contributed by atoms with Crippen LogP contribution in [0.5, 0.6) is 5.75 Å². The number of halogens is 2. The SMILES string of the molecule is CC(CSc1ccc(F)cc1)C(=O)Nc1ccc(OCCN)cc1.Cl. The van der Waals surface area contributed by atoms with Crippen molar-refractivity contribution in [2.24, 2.45) is 11.7 Å². The van der Waals surface area contributed by atoms with Crippen LogP contribution >= 0.6 is 24.2 Å². The van der Waals surface area contributed by atoms with Gasteiger partial charge in [-0.25, -0.2) is 4.39 Å². The van der Waals surface area contributed by atoms with E-state index < -0.39 is 0 Å². The molecule has 0 fully saturated rings. The predicted octanol–water partition coefficient (Wildman–Crippen LogP) is 3.95. The van der Waals surface area contributed by atoms with Gasteiger partial charge in [0.2, 0.25) is 5.91 Å². The second-order valence-corrected chi connectivity index (χ2v) is 6.41.